The van der Waals surface area contributed by atoms with Crippen LogP contribution in [-0.2, 0) is 4.79 Å². The van der Waals surface area contributed by atoms with Gasteiger partial charge in [0, 0.05) is 17.1 Å². The highest BCUT2D eigenvalue weighted by molar-refractivity contribution is 7.99. The molecule has 1 aliphatic heterocycles. The molecule has 16 heavy (non-hydrogen) atoms. The van der Waals surface area contributed by atoms with E-state index in [2.05, 4.69) is 31.2 Å². The number of Topliss-reactive ketones (excluding diaryl/α,β-unsaturated/α-hetero) is 1. The van der Waals surface area contributed by atoms with Gasteiger partial charge in [0.25, 0.3) is 0 Å². The van der Waals surface area contributed by atoms with Gasteiger partial charge in [-0.2, -0.15) is 0 Å². The Morgan fingerprint density at radius 3 is 3.00 bits per heavy atom. The highest BCUT2D eigenvalue weighted by Crippen LogP contribution is 2.42. The predicted octanol–water partition coefficient (Wildman–Crippen LogP) is 3.88. The summed E-state index contributed by atoms with van der Waals surface area (Å²) < 4.78 is 0. The molecule has 1 nitrogen and oxygen atoms in total. The summed E-state index contributed by atoms with van der Waals surface area (Å²) in [6.07, 6.45) is 1.87. The van der Waals surface area contributed by atoms with Crippen molar-refractivity contribution in [3.8, 4) is 0 Å². The Bertz CT molecular complexity index is 386. The van der Waals surface area contributed by atoms with E-state index in [0.29, 0.717) is 17.6 Å². The van der Waals surface area contributed by atoms with Gasteiger partial charge in [-0.15, -0.1) is 11.8 Å². The Balaban J connectivity index is 2.00. The number of rotatable bonds is 4. The number of fused-ring (bicyclic) bond motifs is 1. The molecule has 0 fully saturated rings. The van der Waals surface area contributed by atoms with Gasteiger partial charge in [0.2, 0.25) is 0 Å². The molecule has 0 aromatic heterocycles. The number of hydrogen-bond donors (Lipinski definition) is 0. The topological polar surface area (TPSA) is 17.1 Å². The zero-order valence-electron chi connectivity index (χ0n) is 9.90. The van der Waals surface area contributed by atoms with Gasteiger partial charge in [-0.1, -0.05) is 25.1 Å². The quantitative estimate of drug-likeness (QED) is 0.786. The average molecular weight is 234 g/mol. The van der Waals surface area contributed by atoms with Crippen molar-refractivity contribution in [1.29, 1.82) is 0 Å². The van der Waals surface area contributed by atoms with Crippen molar-refractivity contribution < 1.29 is 4.79 Å². The van der Waals surface area contributed by atoms with Gasteiger partial charge in [-0.05, 0) is 36.8 Å². The highest BCUT2D eigenvalue weighted by Gasteiger charge is 2.24. The Morgan fingerprint density at radius 2 is 2.25 bits per heavy atom. The van der Waals surface area contributed by atoms with E-state index in [0.717, 1.165) is 12.8 Å². The second-order valence-corrected chi connectivity index (χ2v) is 5.85. The second-order valence-electron chi connectivity index (χ2n) is 4.79. The van der Waals surface area contributed by atoms with Crippen molar-refractivity contribution in [2.75, 3.05) is 5.75 Å². The lowest BCUT2D eigenvalue weighted by Gasteiger charge is -2.15. The molecule has 1 aromatic rings. The van der Waals surface area contributed by atoms with E-state index in [1.807, 2.05) is 11.8 Å². The number of ketones is 1. The largest absolute Gasteiger partial charge is 0.300 e. The molecule has 2 atom stereocenters. The molecule has 1 aliphatic rings. The van der Waals surface area contributed by atoms with E-state index in [-0.39, 0.29) is 0 Å². The normalized spacial score (nSPS) is 20.5. The van der Waals surface area contributed by atoms with Crippen molar-refractivity contribution in [3.63, 3.8) is 0 Å². The summed E-state index contributed by atoms with van der Waals surface area (Å²) >= 11 is 1.95. The van der Waals surface area contributed by atoms with Gasteiger partial charge >= 0.3 is 0 Å². The van der Waals surface area contributed by atoms with Gasteiger partial charge in [0.15, 0.2) is 0 Å². The zero-order chi connectivity index (χ0) is 11.5. The molecule has 0 N–H and O–H groups in total. The van der Waals surface area contributed by atoms with Crippen LogP contribution >= 0.6 is 11.8 Å². The Hall–Kier alpha value is -0.760. The lowest BCUT2D eigenvalue weighted by Crippen LogP contribution is -2.07. The molecule has 0 saturated carbocycles. The van der Waals surface area contributed by atoms with Crippen LogP contribution in [0.5, 0.6) is 0 Å². The average Bonchev–Trinajstić information content (AvgIpc) is 2.61. The summed E-state index contributed by atoms with van der Waals surface area (Å²) in [6, 6.07) is 8.66. The SMILES string of the molecule is CC(=O)CC(C)CC1CSc2ccccc21. The van der Waals surface area contributed by atoms with Crippen LogP contribution < -0.4 is 0 Å². The lowest BCUT2D eigenvalue weighted by atomic mass is 9.89. The van der Waals surface area contributed by atoms with Crippen molar-refractivity contribution in [2.24, 2.45) is 5.92 Å². The van der Waals surface area contributed by atoms with Crippen molar-refractivity contribution in [3.05, 3.63) is 29.8 Å². The molecule has 1 aromatic carbocycles. The van der Waals surface area contributed by atoms with Gasteiger partial charge < -0.3 is 4.79 Å². The fourth-order valence-corrected chi connectivity index (χ4v) is 3.76. The van der Waals surface area contributed by atoms with Gasteiger partial charge in [-0.3, -0.25) is 0 Å². The van der Waals surface area contributed by atoms with Crippen molar-refractivity contribution >= 4 is 17.5 Å². The van der Waals surface area contributed by atoms with Crippen LogP contribution in [0.1, 0.15) is 38.2 Å². The highest BCUT2D eigenvalue weighted by atomic mass is 32.2. The number of benzene rings is 1. The Kier molecular flexibility index (Phi) is 3.70. The standard InChI is InChI=1S/C14H18OS/c1-10(7-11(2)15)8-12-9-16-14-6-4-3-5-13(12)14/h3-6,10,12H,7-9H2,1-2H3. The molecular weight excluding hydrogens is 216 g/mol. The summed E-state index contributed by atoms with van der Waals surface area (Å²) in [5.41, 5.74) is 1.49. The van der Waals surface area contributed by atoms with E-state index >= 15 is 0 Å². The molecule has 1 heterocycles. The molecule has 0 radical (unpaired) electrons. The van der Waals surface area contributed by atoms with Crippen LogP contribution in [0.15, 0.2) is 29.2 Å². The summed E-state index contributed by atoms with van der Waals surface area (Å²) in [7, 11) is 0. The van der Waals surface area contributed by atoms with Crippen molar-refractivity contribution in [1.82, 2.24) is 0 Å². The first-order valence-electron chi connectivity index (χ1n) is 5.88. The molecule has 2 rings (SSSR count). The Morgan fingerprint density at radius 1 is 1.50 bits per heavy atom. The molecular formula is C14H18OS. The molecule has 0 amide bonds. The van der Waals surface area contributed by atoms with Crippen LogP contribution in [0.2, 0.25) is 0 Å². The third kappa shape index (κ3) is 2.67. The number of hydrogen-bond acceptors (Lipinski definition) is 2. The van der Waals surface area contributed by atoms with Gasteiger partial charge in [-0.25, -0.2) is 0 Å². The maximum absolute atomic E-state index is 11.1. The number of thioether (sulfide) groups is 1. The van der Waals surface area contributed by atoms with E-state index in [4.69, 9.17) is 0 Å². The first-order valence-corrected chi connectivity index (χ1v) is 6.86. The monoisotopic (exact) mass is 234 g/mol. The fraction of sp³-hybridized carbons (Fsp3) is 0.500. The summed E-state index contributed by atoms with van der Waals surface area (Å²) in [5.74, 6) is 2.65. The number of carbonyl (C=O) groups is 1. The molecule has 0 bridgehead atoms. The van der Waals surface area contributed by atoms with E-state index < -0.39 is 0 Å². The Labute approximate surface area is 102 Å². The van der Waals surface area contributed by atoms with Gasteiger partial charge in [0.05, 0.1) is 0 Å². The van der Waals surface area contributed by atoms with E-state index in [1.165, 1.54) is 16.2 Å². The minimum absolute atomic E-state index is 0.312. The minimum Gasteiger partial charge on any atom is -0.300 e. The molecule has 86 valence electrons. The molecule has 2 heteroatoms. The second kappa shape index (κ2) is 5.05. The van der Waals surface area contributed by atoms with E-state index in [1.54, 1.807) is 6.92 Å². The maximum atomic E-state index is 11.1. The fourth-order valence-electron chi connectivity index (χ4n) is 2.48. The lowest BCUT2D eigenvalue weighted by molar-refractivity contribution is -0.117. The van der Waals surface area contributed by atoms with Gasteiger partial charge in [0.1, 0.15) is 5.78 Å². The predicted molar refractivity (Wildman–Crippen MR) is 69.0 cm³/mol. The summed E-state index contributed by atoms with van der Waals surface area (Å²) in [4.78, 5) is 12.5. The molecule has 2 unspecified atom stereocenters. The van der Waals surface area contributed by atoms with Crippen LogP contribution in [0.25, 0.3) is 0 Å². The third-order valence-corrected chi connectivity index (χ3v) is 4.37. The summed E-state index contributed by atoms with van der Waals surface area (Å²) in [5, 5.41) is 0. The van der Waals surface area contributed by atoms with Crippen LogP contribution in [-0.4, -0.2) is 11.5 Å². The first-order chi connectivity index (χ1) is 7.66. The third-order valence-electron chi connectivity index (χ3n) is 3.12. The molecule has 0 saturated heterocycles. The molecule has 0 spiro atoms. The van der Waals surface area contributed by atoms with Crippen molar-refractivity contribution in [2.45, 2.75) is 37.5 Å². The van der Waals surface area contributed by atoms with Crippen LogP contribution in [0.3, 0.4) is 0 Å². The van der Waals surface area contributed by atoms with E-state index in [9.17, 15) is 4.79 Å². The number of carbonyl (C=O) groups excluding carboxylic acids is 1. The first kappa shape index (κ1) is 11.7. The maximum Gasteiger partial charge on any atom is 0.130 e. The van der Waals surface area contributed by atoms with Crippen LogP contribution in [0.4, 0.5) is 0 Å². The summed E-state index contributed by atoms with van der Waals surface area (Å²) in [6.45, 7) is 3.88. The smallest absolute Gasteiger partial charge is 0.130 e. The minimum atomic E-state index is 0.312. The molecule has 0 aliphatic carbocycles. The zero-order valence-corrected chi connectivity index (χ0v) is 10.7. The van der Waals surface area contributed by atoms with Crippen LogP contribution in [0, 0.1) is 5.92 Å².